The van der Waals surface area contributed by atoms with Gasteiger partial charge >= 0.3 is 5.97 Å². The van der Waals surface area contributed by atoms with Gasteiger partial charge in [0.15, 0.2) is 0 Å². The van der Waals surface area contributed by atoms with Crippen molar-refractivity contribution in [2.45, 2.75) is 64.7 Å². The third-order valence-corrected chi connectivity index (χ3v) is 6.71. The molecule has 1 amide bonds. The van der Waals surface area contributed by atoms with Crippen LogP contribution in [0.3, 0.4) is 0 Å². The van der Waals surface area contributed by atoms with E-state index in [1.807, 2.05) is 12.1 Å². The number of fused-ring (bicyclic) bond motifs is 1. The van der Waals surface area contributed by atoms with E-state index in [0.717, 1.165) is 36.8 Å². The number of carbonyl (C=O) groups is 2. The highest BCUT2D eigenvalue weighted by Crippen LogP contribution is 2.37. The molecule has 0 unspecified atom stereocenters. The number of nitrogens with one attached hydrogen (secondary N) is 1. The van der Waals surface area contributed by atoms with Gasteiger partial charge in [-0.05, 0) is 53.9 Å². The molecule has 0 radical (unpaired) electrons. The van der Waals surface area contributed by atoms with Crippen LogP contribution >= 0.6 is 11.3 Å². The van der Waals surface area contributed by atoms with Crippen molar-refractivity contribution in [3.8, 4) is 0 Å². The highest BCUT2D eigenvalue weighted by molar-refractivity contribution is 7.17. The lowest BCUT2D eigenvalue weighted by Gasteiger charge is -2.18. The van der Waals surface area contributed by atoms with Gasteiger partial charge in [0.2, 0.25) is 5.91 Å². The fourth-order valence-electron chi connectivity index (χ4n) is 3.75. The second-order valence-corrected chi connectivity index (χ2v) is 9.91. The van der Waals surface area contributed by atoms with E-state index in [1.165, 1.54) is 47.8 Å². The van der Waals surface area contributed by atoms with Gasteiger partial charge in [0, 0.05) is 11.0 Å². The molecule has 4 nitrogen and oxygen atoms in total. The van der Waals surface area contributed by atoms with Crippen molar-refractivity contribution in [1.29, 1.82) is 0 Å². The molecule has 1 aromatic heterocycles. The van der Waals surface area contributed by atoms with Gasteiger partial charge in [0.25, 0.3) is 0 Å². The van der Waals surface area contributed by atoms with Gasteiger partial charge in [-0.1, -0.05) is 57.9 Å². The third-order valence-electron chi connectivity index (χ3n) is 5.50. The Bertz CT molecular complexity index is 933. The third kappa shape index (κ3) is 5.39. The molecule has 1 heterocycles. The lowest BCUT2D eigenvalue weighted by atomic mass is 9.87. The van der Waals surface area contributed by atoms with E-state index >= 15 is 0 Å². The Morgan fingerprint density at radius 2 is 1.70 bits per heavy atom. The number of rotatable bonds is 4. The summed E-state index contributed by atoms with van der Waals surface area (Å²) in [5.74, 6) is -0.612. The van der Waals surface area contributed by atoms with E-state index in [0.29, 0.717) is 10.6 Å². The lowest BCUT2D eigenvalue weighted by Crippen LogP contribution is -2.12. The first-order valence-corrected chi connectivity index (χ1v) is 11.4. The van der Waals surface area contributed by atoms with E-state index in [9.17, 15) is 9.59 Å². The summed E-state index contributed by atoms with van der Waals surface area (Å²) in [6.07, 6.45) is 9.70. The normalized spacial score (nSPS) is 14.7. The number of carbonyl (C=O) groups excluding carboxylic acids is 2. The summed E-state index contributed by atoms with van der Waals surface area (Å²) in [5.41, 5.74) is 3.91. The fraction of sp³-hybridized carbons (Fsp3) is 0.440. The largest absolute Gasteiger partial charge is 0.465 e. The topological polar surface area (TPSA) is 55.4 Å². The maximum Gasteiger partial charge on any atom is 0.341 e. The molecule has 0 aliphatic heterocycles. The average Bonchev–Trinajstić information content (AvgIpc) is 3.01. The van der Waals surface area contributed by atoms with Crippen LogP contribution in [-0.4, -0.2) is 19.0 Å². The summed E-state index contributed by atoms with van der Waals surface area (Å²) in [5, 5.41) is 3.52. The van der Waals surface area contributed by atoms with Crippen molar-refractivity contribution in [2.24, 2.45) is 0 Å². The maximum atomic E-state index is 12.6. The molecular weight excluding hydrogens is 394 g/mol. The number of hydrogen-bond acceptors (Lipinski definition) is 4. The van der Waals surface area contributed by atoms with Crippen LogP contribution in [0.4, 0.5) is 5.00 Å². The number of hydrogen-bond donors (Lipinski definition) is 1. The van der Waals surface area contributed by atoms with Crippen LogP contribution in [0.15, 0.2) is 30.3 Å². The summed E-state index contributed by atoms with van der Waals surface area (Å²) in [6.45, 7) is 6.53. The molecule has 1 aliphatic rings. The smallest absolute Gasteiger partial charge is 0.341 e. The summed E-state index contributed by atoms with van der Waals surface area (Å²) in [6, 6.07) is 8.21. The Hall–Kier alpha value is -2.40. The highest BCUT2D eigenvalue weighted by atomic mass is 32.1. The quantitative estimate of drug-likeness (QED) is 0.473. The molecule has 2 aromatic rings. The van der Waals surface area contributed by atoms with Crippen molar-refractivity contribution in [3.63, 3.8) is 0 Å². The van der Waals surface area contributed by atoms with Gasteiger partial charge < -0.3 is 10.1 Å². The van der Waals surface area contributed by atoms with Crippen molar-refractivity contribution in [1.82, 2.24) is 0 Å². The van der Waals surface area contributed by atoms with Crippen LogP contribution in [0, 0.1) is 0 Å². The number of anilines is 1. The minimum Gasteiger partial charge on any atom is -0.465 e. The van der Waals surface area contributed by atoms with E-state index < -0.39 is 0 Å². The molecule has 0 bridgehead atoms. The van der Waals surface area contributed by atoms with Crippen molar-refractivity contribution < 1.29 is 14.3 Å². The summed E-state index contributed by atoms with van der Waals surface area (Å²) in [7, 11) is 1.39. The van der Waals surface area contributed by atoms with E-state index in [2.05, 4.69) is 38.2 Å². The zero-order valence-electron chi connectivity index (χ0n) is 18.3. The lowest BCUT2D eigenvalue weighted by molar-refractivity contribution is -0.111. The van der Waals surface area contributed by atoms with Crippen LogP contribution in [0.25, 0.3) is 6.08 Å². The number of benzene rings is 1. The first-order chi connectivity index (χ1) is 14.3. The van der Waals surface area contributed by atoms with Gasteiger partial charge in [-0.25, -0.2) is 4.79 Å². The zero-order valence-corrected chi connectivity index (χ0v) is 19.2. The Labute approximate surface area is 183 Å². The van der Waals surface area contributed by atoms with Crippen LogP contribution < -0.4 is 5.32 Å². The molecule has 160 valence electrons. The number of aryl methyl sites for hydroxylation is 1. The van der Waals surface area contributed by atoms with Gasteiger partial charge in [-0.15, -0.1) is 11.3 Å². The molecular formula is C25H31NO3S. The second-order valence-electron chi connectivity index (χ2n) is 8.81. The monoisotopic (exact) mass is 425 g/mol. The van der Waals surface area contributed by atoms with Crippen molar-refractivity contribution >= 4 is 34.3 Å². The summed E-state index contributed by atoms with van der Waals surface area (Å²) < 4.78 is 5.02. The van der Waals surface area contributed by atoms with E-state index in [4.69, 9.17) is 4.74 Å². The zero-order chi connectivity index (χ0) is 21.7. The Morgan fingerprint density at radius 3 is 2.33 bits per heavy atom. The molecule has 1 N–H and O–H groups in total. The van der Waals surface area contributed by atoms with Gasteiger partial charge in [-0.2, -0.15) is 0 Å². The highest BCUT2D eigenvalue weighted by Gasteiger charge is 2.25. The molecule has 3 rings (SSSR count). The number of thiophene rings is 1. The Kier molecular flexibility index (Phi) is 7.14. The first kappa shape index (κ1) is 22.3. The number of amides is 1. The predicted octanol–water partition coefficient (Wildman–Crippen LogP) is 6.14. The maximum absolute atomic E-state index is 12.6. The van der Waals surface area contributed by atoms with E-state index in [1.54, 1.807) is 6.08 Å². The van der Waals surface area contributed by atoms with Crippen LogP contribution in [0.5, 0.6) is 0 Å². The summed E-state index contributed by atoms with van der Waals surface area (Å²) >= 11 is 1.52. The Morgan fingerprint density at radius 1 is 1.03 bits per heavy atom. The van der Waals surface area contributed by atoms with Gasteiger partial charge in [-0.3, -0.25) is 4.79 Å². The minimum atomic E-state index is -0.370. The van der Waals surface area contributed by atoms with Gasteiger partial charge in [0.05, 0.1) is 12.7 Å². The molecule has 0 saturated carbocycles. The molecule has 0 fully saturated rings. The molecule has 5 heteroatoms. The molecule has 0 spiro atoms. The molecule has 0 atom stereocenters. The standard InChI is InChI=1S/C25H31NO3S/c1-25(2,3)18-14-11-17(12-15-18)13-16-21(27)26-23-22(24(28)29-4)19-9-7-5-6-8-10-20(19)30-23/h11-16H,5-10H2,1-4H3,(H,26,27)/b16-13+. The minimum absolute atomic E-state index is 0.0972. The first-order valence-electron chi connectivity index (χ1n) is 10.6. The average molecular weight is 426 g/mol. The molecule has 1 aromatic carbocycles. The predicted molar refractivity (Wildman–Crippen MR) is 124 cm³/mol. The fourth-order valence-corrected chi connectivity index (χ4v) is 5.03. The number of ether oxygens (including phenoxy) is 1. The van der Waals surface area contributed by atoms with E-state index in [-0.39, 0.29) is 17.3 Å². The number of esters is 1. The van der Waals surface area contributed by atoms with Crippen molar-refractivity contribution in [3.05, 3.63) is 57.5 Å². The van der Waals surface area contributed by atoms with Crippen LogP contribution in [0.1, 0.15) is 78.4 Å². The molecule has 1 aliphatic carbocycles. The summed E-state index contributed by atoms with van der Waals surface area (Å²) in [4.78, 5) is 26.2. The molecule has 30 heavy (non-hydrogen) atoms. The van der Waals surface area contributed by atoms with Crippen molar-refractivity contribution in [2.75, 3.05) is 12.4 Å². The second kappa shape index (κ2) is 9.61. The molecule has 0 saturated heterocycles. The number of methoxy groups -OCH3 is 1. The van der Waals surface area contributed by atoms with Crippen LogP contribution in [0.2, 0.25) is 0 Å². The Balaban J connectivity index is 1.78. The van der Waals surface area contributed by atoms with Crippen LogP contribution in [-0.2, 0) is 27.8 Å². The SMILES string of the molecule is COC(=O)c1c(NC(=O)/C=C/c2ccc(C(C)(C)C)cc2)sc2c1CCCCCC2. The van der Waals surface area contributed by atoms with Gasteiger partial charge in [0.1, 0.15) is 5.00 Å².